The van der Waals surface area contributed by atoms with Crippen molar-refractivity contribution in [2.45, 2.75) is 25.7 Å². The highest BCUT2D eigenvalue weighted by Gasteiger charge is 2.19. The number of nitrogens with one attached hydrogen (secondary N) is 2. The molecule has 1 fully saturated rings. The van der Waals surface area contributed by atoms with Crippen LogP contribution in [0.5, 0.6) is 0 Å². The van der Waals surface area contributed by atoms with E-state index in [0.29, 0.717) is 5.82 Å². The molecule has 0 radical (unpaired) electrons. The molecule has 0 amide bonds. The summed E-state index contributed by atoms with van der Waals surface area (Å²) >= 11 is 0. The third-order valence-corrected chi connectivity index (χ3v) is 2.69. The van der Waals surface area contributed by atoms with Crippen molar-refractivity contribution in [3.8, 4) is 0 Å². The fourth-order valence-corrected chi connectivity index (χ4v) is 1.63. The molecule has 0 aliphatic heterocycles. The summed E-state index contributed by atoms with van der Waals surface area (Å²) in [6.07, 6.45) is 5.45. The second-order valence-electron chi connectivity index (χ2n) is 4.06. The Bertz CT molecular complexity index is 309. The van der Waals surface area contributed by atoms with E-state index in [1.807, 2.05) is 18.2 Å². The molecule has 4 heteroatoms. The Balaban J connectivity index is 1.71. The van der Waals surface area contributed by atoms with Crippen LogP contribution in [0.4, 0.5) is 11.6 Å². The number of anilines is 2. The smallest absolute Gasteiger partial charge is 0.142 e. The zero-order valence-corrected chi connectivity index (χ0v) is 8.87. The van der Waals surface area contributed by atoms with Gasteiger partial charge in [0.05, 0.1) is 0 Å². The van der Waals surface area contributed by atoms with Crippen molar-refractivity contribution in [3.05, 3.63) is 18.2 Å². The molecule has 82 valence electrons. The van der Waals surface area contributed by atoms with Gasteiger partial charge in [0.2, 0.25) is 0 Å². The Hall–Kier alpha value is -1.29. The Labute approximate surface area is 90.2 Å². The van der Waals surface area contributed by atoms with Crippen molar-refractivity contribution < 1.29 is 0 Å². The van der Waals surface area contributed by atoms with Gasteiger partial charge in [0.1, 0.15) is 11.6 Å². The zero-order chi connectivity index (χ0) is 10.5. The number of nitrogens with zero attached hydrogens (tertiary/aromatic N) is 1. The van der Waals surface area contributed by atoms with Gasteiger partial charge in [0.15, 0.2) is 0 Å². The van der Waals surface area contributed by atoms with Crippen molar-refractivity contribution in [1.82, 2.24) is 4.98 Å². The first-order valence-electron chi connectivity index (χ1n) is 5.56. The van der Waals surface area contributed by atoms with E-state index in [0.717, 1.165) is 18.3 Å². The summed E-state index contributed by atoms with van der Waals surface area (Å²) in [5, 5.41) is 3.30. The Morgan fingerprint density at radius 2 is 2.13 bits per heavy atom. The molecular formula is C11H18N4. The lowest BCUT2D eigenvalue weighted by molar-refractivity contribution is 0.686. The first-order chi connectivity index (χ1) is 7.38. The van der Waals surface area contributed by atoms with Crippen LogP contribution >= 0.6 is 0 Å². The molecule has 4 N–H and O–H groups in total. The molecule has 4 nitrogen and oxygen atoms in total. The lowest BCUT2D eigenvalue weighted by Crippen LogP contribution is -2.10. The maximum Gasteiger partial charge on any atom is 0.142 e. The first kappa shape index (κ1) is 10.2. The molecule has 1 aliphatic carbocycles. The van der Waals surface area contributed by atoms with E-state index in [1.165, 1.54) is 25.7 Å². The number of pyridine rings is 1. The standard InChI is InChI=1S/C11H18N4/c12-15-11-5-1-4-10(14-11)13-8-2-3-9-6-7-9/h1,4-5,9H,2-3,6-8,12H2,(H2,13,14,15). The van der Waals surface area contributed by atoms with Gasteiger partial charge in [-0.05, 0) is 30.9 Å². The van der Waals surface area contributed by atoms with Gasteiger partial charge in [0.25, 0.3) is 0 Å². The van der Waals surface area contributed by atoms with Gasteiger partial charge in [0, 0.05) is 6.54 Å². The summed E-state index contributed by atoms with van der Waals surface area (Å²) in [7, 11) is 0. The Morgan fingerprint density at radius 3 is 2.87 bits per heavy atom. The molecule has 0 unspecified atom stereocenters. The van der Waals surface area contributed by atoms with Crippen molar-refractivity contribution in [3.63, 3.8) is 0 Å². The van der Waals surface area contributed by atoms with Gasteiger partial charge >= 0.3 is 0 Å². The fourth-order valence-electron chi connectivity index (χ4n) is 1.63. The molecule has 0 bridgehead atoms. The van der Waals surface area contributed by atoms with Gasteiger partial charge in [-0.1, -0.05) is 18.9 Å². The summed E-state index contributed by atoms with van der Waals surface area (Å²) < 4.78 is 0. The molecule has 1 aliphatic rings. The predicted octanol–water partition coefficient (Wildman–Crippen LogP) is 1.97. The topological polar surface area (TPSA) is 63.0 Å². The number of aromatic nitrogens is 1. The van der Waals surface area contributed by atoms with E-state index in [1.54, 1.807) is 0 Å². The highest BCUT2D eigenvalue weighted by atomic mass is 15.3. The number of hydrogen-bond acceptors (Lipinski definition) is 4. The molecule has 1 heterocycles. The number of hydrazine groups is 1. The van der Waals surface area contributed by atoms with E-state index in [9.17, 15) is 0 Å². The van der Waals surface area contributed by atoms with Crippen LogP contribution < -0.4 is 16.6 Å². The van der Waals surface area contributed by atoms with Gasteiger partial charge in [-0.3, -0.25) is 0 Å². The number of nitrogen functional groups attached to an aromatic ring is 1. The van der Waals surface area contributed by atoms with Crippen molar-refractivity contribution in [2.75, 3.05) is 17.3 Å². The van der Waals surface area contributed by atoms with E-state index in [-0.39, 0.29) is 0 Å². The van der Waals surface area contributed by atoms with Crippen LogP contribution in [0.15, 0.2) is 18.2 Å². The lowest BCUT2D eigenvalue weighted by Gasteiger charge is -2.06. The molecule has 0 atom stereocenters. The summed E-state index contributed by atoms with van der Waals surface area (Å²) in [6, 6.07) is 5.73. The maximum absolute atomic E-state index is 5.28. The van der Waals surface area contributed by atoms with Crippen LogP contribution in [0.25, 0.3) is 0 Å². The van der Waals surface area contributed by atoms with E-state index >= 15 is 0 Å². The van der Waals surface area contributed by atoms with Crippen molar-refractivity contribution in [2.24, 2.45) is 11.8 Å². The predicted molar refractivity (Wildman–Crippen MR) is 62.5 cm³/mol. The van der Waals surface area contributed by atoms with Crippen LogP contribution in [0, 0.1) is 5.92 Å². The first-order valence-corrected chi connectivity index (χ1v) is 5.56. The Kier molecular flexibility index (Phi) is 3.40. The maximum atomic E-state index is 5.28. The zero-order valence-electron chi connectivity index (χ0n) is 8.87. The molecule has 15 heavy (non-hydrogen) atoms. The highest BCUT2D eigenvalue weighted by molar-refractivity contribution is 5.44. The summed E-state index contributed by atoms with van der Waals surface area (Å²) in [5.41, 5.74) is 2.53. The van der Waals surface area contributed by atoms with Crippen molar-refractivity contribution in [1.29, 1.82) is 0 Å². The fraction of sp³-hybridized carbons (Fsp3) is 0.545. The van der Waals surface area contributed by atoms with Crippen LogP contribution in [0.2, 0.25) is 0 Å². The highest BCUT2D eigenvalue weighted by Crippen LogP contribution is 2.33. The molecule has 2 rings (SSSR count). The van der Waals surface area contributed by atoms with Crippen LogP contribution in [-0.4, -0.2) is 11.5 Å². The molecule has 0 aromatic carbocycles. The largest absolute Gasteiger partial charge is 0.370 e. The summed E-state index contributed by atoms with van der Waals surface area (Å²) in [4.78, 5) is 4.28. The van der Waals surface area contributed by atoms with Crippen LogP contribution in [0.3, 0.4) is 0 Å². The van der Waals surface area contributed by atoms with Crippen LogP contribution in [0.1, 0.15) is 25.7 Å². The minimum atomic E-state index is 0.696. The average molecular weight is 206 g/mol. The van der Waals surface area contributed by atoms with E-state index < -0.39 is 0 Å². The molecule has 0 spiro atoms. The third-order valence-electron chi connectivity index (χ3n) is 2.69. The lowest BCUT2D eigenvalue weighted by atomic mass is 10.2. The number of rotatable bonds is 6. The minimum absolute atomic E-state index is 0.696. The van der Waals surface area contributed by atoms with Gasteiger partial charge in [-0.2, -0.15) is 0 Å². The average Bonchev–Trinajstić information content (AvgIpc) is 3.09. The molecule has 0 saturated heterocycles. The monoisotopic (exact) mass is 206 g/mol. The summed E-state index contributed by atoms with van der Waals surface area (Å²) in [5.74, 6) is 7.88. The number of nitrogens with two attached hydrogens (primary N) is 1. The molecular weight excluding hydrogens is 188 g/mol. The number of hydrogen-bond donors (Lipinski definition) is 3. The van der Waals surface area contributed by atoms with E-state index in [4.69, 9.17) is 5.84 Å². The van der Waals surface area contributed by atoms with Gasteiger partial charge in [-0.15, -0.1) is 0 Å². The minimum Gasteiger partial charge on any atom is -0.370 e. The second kappa shape index (κ2) is 4.98. The van der Waals surface area contributed by atoms with Crippen LogP contribution in [-0.2, 0) is 0 Å². The van der Waals surface area contributed by atoms with Crippen molar-refractivity contribution >= 4 is 11.6 Å². The molecule has 1 aromatic rings. The third kappa shape index (κ3) is 3.40. The second-order valence-corrected chi connectivity index (χ2v) is 4.06. The Morgan fingerprint density at radius 1 is 1.33 bits per heavy atom. The molecule has 1 saturated carbocycles. The van der Waals surface area contributed by atoms with E-state index in [2.05, 4.69) is 15.7 Å². The van der Waals surface area contributed by atoms with Gasteiger partial charge in [-0.25, -0.2) is 10.8 Å². The van der Waals surface area contributed by atoms with Gasteiger partial charge < -0.3 is 10.7 Å². The SMILES string of the molecule is NNc1cccc(NCCCC2CC2)n1. The summed E-state index contributed by atoms with van der Waals surface area (Å²) in [6.45, 7) is 0.998. The quantitative estimate of drug-likeness (QED) is 0.378. The molecule has 1 aromatic heterocycles. The normalized spacial score (nSPS) is 15.0.